The summed E-state index contributed by atoms with van der Waals surface area (Å²) in [5, 5.41) is 0.793. The van der Waals surface area contributed by atoms with E-state index in [1.54, 1.807) is 0 Å². The van der Waals surface area contributed by atoms with Gasteiger partial charge in [-0.15, -0.1) is 11.6 Å². The molecule has 2 heteroatoms. The average Bonchev–Trinajstić information content (AvgIpc) is 2.17. The summed E-state index contributed by atoms with van der Waals surface area (Å²) >= 11 is 11.9. The van der Waals surface area contributed by atoms with E-state index in [1.165, 1.54) is 11.1 Å². The number of allylic oxidation sites excluding steroid dienone is 1. The second-order valence-electron chi connectivity index (χ2n) is 3.31. The second kappa shape index (κ2) is 5.43. The number of hydrogen-bond acceptors (Lipinski definition) is 0. The first kappa shape index (κ1) is 11.6. The standard InChI is InChI=1S/C12H14Cl2/c1-3-10(8-13)7-11-5-4-9(2)6-12(11)14/h4-7H,3,8H2,1-2H3/b10-7-. The molecule has 0 radical (unpaired) electrons. The quantitative estimate of drug-likeness (QED) is 0.660. The lowest BCUT2D eigenvalue weighted by Gasteiger charge is -2.03. The Labute approximate surface area is 95.5 Å². The Balaban J connectivity index is 3.02. The molecule has 1 aromatic carbocycles. The molecule has 0 saturated heterocycles. The van der Waals surface area contributed by atoms with Crippen molar-refractivity contribution in [3.8, 4) is 0 Å². The fourth-order valence-electron chi connectivity index (χ4n) is 1.20. The zero-order valence-corrected chi connectivity index (χ0v) is 9.99. The molecule has 0 atom stereocenters. The highest BCUT2D eigenvalue weighted by molar-refractivity contribution is 6.32. The van der Waals surface area contributed by atoms with E-state index in [-0.39, 0.29) is 0 Å². The van der Waals surface area contributed by atoms with Crippen LogP contribution < -0.4 is 0 Å². The predicted octanol–water partition coefficient (Wildman–Crippen LogP) is 4.68. The maximum absolute atomic E-state index is 6.10. The lowest BCUT2D eigenvalue weighted by atomic mass is 10.1. The third kappa shape index (κ3) is 3.04. The average molecular weight is 229 g/mol. The van der Waals surface area contributed by atoms with Gasteiger partial charge in [0, 0.05) is 10.9 Å². The summed E-state index contributed by atoms with van der Waals surface area (Å²) in [6, 6.07) is 6.05. The zero-order chi connectivity index (χ0) is 10.6. The van der Waals surface area contributed by atoms with Crippen LogP contribution in [0.1, 0.15) is 24.5 Å². The number of hydrogen-bond donors (Lipinski definition) is 0. The number of benzene rings is 1. The first-order valence-corrected chi connectivity index (χ1v) is 5.60. The molecule has 0 aliphatic carbocycles. The maximum atomic E-state index is 6.10. The van der Waals surface area contributed by atoms with Crippen LogP contribution in [-0.2, 0) is 0 Å². The number of halogens is 2. The fraction of sp³-hybridized carbons (Fsp3) is 0.333. The molecule has 0 fully saturated rings. The van der Waals surface area contributed by atoms with Crippen LogP contribution in [0, 0.1) is 6.92 Å². The van der Waals surface area contributed by atoms with E-state index >= 15 is 0 Å². The molecule has 0 aliphatic rings. The minimum Gasteiger partial charge on any atom is -0.122 e. The van der Waals surface area contributed by atoms with Crippen molar-refractivity contribution in [1.29, 1.82) is 0 Å². The van der Waals surface area contributed by atoms with Gasteiger partial charge in [-0.25, -0.2) is 0 Å². The van der Waals surface area contributed by atoms with Crippen molar-refractivity contribution in [2.24, 2.45) is 0 Å². The van der Waals surface area contributed by atoms with E-state index in [0.717, 1.165) is 17.0 Å². The molecular weight excluding hydrogens is 215 g/mol. The molecule has 0 aromatic heterocycles. The highest BCUT2D eigenvalue weighted by Crippen LogP contribution is 2.21. The third-order valence-corrected chi connectivity index (χ3v) is 2.81. The normalized spacial score (nSPS) is 11.9. The lowest BCUT2D eigenvalue weighted by molar-refractivity contribution is 1.12. The minimum absolute atomic E-state index is 0.570. The summed E-state index contributed by atoms with van der Waals surface area (Å²) in [6.07, 6.45) is 3.03. The van der Waals surface area contributed by atoms with Crippen molar-refractivity contribution in [3.63, 3.8) is 0 Å². The molecule has 0 bridgehead atoms. The van der Waals surface area contributed by atoms with Gasteiger partial charge in [0.05, 0.1) is 0 Å². The van der Waals surface area contributed by atoms with Gasteiger partial charge in [0.2, 0.25) is 0 Å². The van der Waals surface area contributed by atoms with Gasteiger partial charge in [0.15, 0.2) is 0 Å². The number of aryl methyl sites for hydroxylation is 1. The van der Waals surface area contributed by atoms with Crippen molar-refractivity contribution >= 4 is 29.3 Å². The Bertz CT molecular complexity index is 334. The Kier molecular flexibility index (Phi) is 4.50. The molecule has 0 unspecified atom stereocenters. The highest BCUT2D eigenvalue weighted by Gasteiger charge is 1.99. The van der Waals surface area contributed by atoms with Crippen molar-refractivity contribution < 1.29 is 0 Å². The highest BCUT2D eigenvalue weighted by atomic mass is 35.5. The number of alkyl halides is 1. The summed E-state index contributed by atoms with van der Waals surface area (Å²) in [7, 11) is 0. The number of rotatable bonds is 3. The van der Waals surface area contributed by atoms with E-state index in [1.807, 2.05) is 19.1 Å². The Hall–Kier alpha value is -0.460. The molecule has 0 spiro atoms. The van der Waals surface area contributed by atoms with E-state index in [0.29, 0.717) is 5.88 Å². The van der Waals surface area contributed by atoms with Gasteiger partial charge in [-0.05, 0) is 30.5 Å². The van der Waals surface area contributed by atoms with Crippen molar-refractivity contribution in [2.75, 3.05) is 5.88 Å². The largest absolute Gasteiger partial charge is 0.122 e. The first-order chi connectivity index (χ1) is 6.67. The summed E-state index contributed by atoms with van der Waals surface area (Å²) < 4.78 is 0. The molecule has 76 valence electrons. The smallest absolute Gasteiger partial charge is 0.0480 e. The van der Waals surface area contributed by atoms with Gasteiger partial charge in [-0.1, -0.05) is 42.3 Å². The van der Waals surface area contributed by atoms with Gasteiger partial charge < -0.3 is 0 Å². The Morgan fingerprint density at radius 1 is 1.43 bits per heavy atom. The zero-order valence-electron chi connectivity index (χ0n) is 8.48. The van der Waals surface area contributed by atoms with Crippen LogP contribution in [0.5, 0.6) is 0 Å². The van der Waals surface area contributed by atoms with Gasteiger partial charge in [-0.3, -0.25) is 0 Å². The predicted molar refractivity (Wildman–Crippen MR) is 65.2 cm³/mol. The van der Waals surface area contributed by atoms with Crippen LogP contribution >= 0.6 is 23.2 Å². The molecule has 0 heterocycles. The minimum atomic E-state index is 0.570. The van der Waals surface area contributed by atoms with Crippen molar-refractivity contribution in [1.82, 2.24) is 0 Å². The molecule has 0 saturated carbocycles. The van der Waals surface area contributed by atoms with Crippen LogP contribution in [0.4, 0.5) is 0 Å². The Morgan fingerprint density at radius 3 is 2.64 bits per heavy atom. The van der Waals surface area contributed by atoms with Crippen LogP contribution in [0.15, 0.2) is 23.8 Å². The van der Waals surface area contributed by atoms with Crippen molar-refractivity contribution in [3.05, 3.63) is 39.9 Å². The fourth-order valence-corrected chi connectivity index (χ4v) is 1.76. The summed E-state index contributed by atoms with van der Waals surface area (Å²) in [5.74, 6) is 0.570. The first-order valence-electron chi connectivity index (χ1n) is 4.69. The van der Waals surface area contributed by atoms with Gasteiger partial charge in [0.1, 0.15) is 0 Å². The monoisotopic (exact) mass is 228 g/mol. The second-order valence-corrected chi connectivity index (χ2v) is 3.99. The van der Waals surface area contributed by atoms with Crippen LogP contribution in [0.25, 0.3) is 6.08 Å². The molecule has 1 rings (SSSR count). The summed E-state index contributed by atoms with van der Waals surface area (Å²) in [5.41, 5.74) is 3.43. The van der Waals surface area contributed by atoms with Gasteiger partial charge in [-0.2, -0.15) is 0 Å². The molecule has 0 aliphatic heterocycles. The van der Waals surface area contributed by atoms with Crippen molar-refractivity contribution in [2.45, 2.75) is 20.3 Å². The topological polar surface area (TPSA) is 0 Å². The molecule has 1 aromatic rings. The van der Waals surface area contributed by atoms with Gasteiger partial charge in [0.25, 0.3) is 0 Å². The van der Waals surface area contributed by atoms with E-state index < -0.39 is 0 Å². The maximum Gasteiger partial charge on any atom is 0.0480 e. The van der Waals surface area contributed by atoms with E-state index in [4.69, 9.17) is 23.2 Å². The molecule has 0 nitrogen and oxygen atoms in total. The van der Waals surface area contributed by atoms with Gasteiger partial charge >= 0.3 is 0 Å². The molecular formula is C12H14Cl2. The van der Waals surface area contributed by atoms with Crippen LogP contribution in [-0.4, -0.2) is 5.88 Å². The Morgan fingerprint density at radius 2 is 2.14 bits per heavy atom. The summed E-state index contributed by atoms with van der Waals surface area (Å²) in [4.78, 5) is 0. The van der Waals surface area contributed by atoms with Crippen LogP contribution in [0.3, 0.4) is 0 Å². The summed E-state index contributed by atoms with van der Waals surface area (Å²) in [6.45, 7) is 4.12. The molecule has 14 heavy (non-hydrogen) atoms. The van der Waals surface area contributed by atoms with E-state index in [2.05, 4.69) is 19.1 Å². The lowest BCUT2D eigenvalue weighted by Crippen LogP contribution is -1.84. The SMILES string of the molecule is CC/C(=C/c1ccc(C)cc1Cl)CCl. The van der Waals surface area contributed by atoms with Crippen LogP contribution in [0.2, 0.25) is 5.02 Å². The third-order valence-electron chi connectivity index (χ3n) is 2.14. The molecule has 0 amide bonds. The van der Waals surface area contributed by atoms with E-state index in [9.17, 15) is 0 Å². The molecule has 0 N–H and O–H groups in total.